The zero-order valence-electron chi connectivity index (χ0n) is 12.0. The van der Waals surface area contributed by atoms with Crippen molar-refractivity contribution in [2.45, 2.75) is 45.1 Å². The van der Waals surface area contributed by atoms with Gasteiger partial charge >= 0.3 is 0 Å². The summed E-state index contributed by atoms with van der Waals surface area (Å²) in [4.78, 5) is 12.6. The Balaban J connectivity index is 2.15. The SMILES string of the molecule is Cc1cccc(C(=O)NC2(CBr)CCC(C)CC2)c1I. The molecule has 1 aliphatic carbocycles. The summed E-state index contributed by atoms with van der Waals surface area (Å²) in [5.41, 5.74) is 1.88. The molecule has 0 spiro atoms. The van der Waals surface area contributed by atoms with E-state index in [1.54, 1.807) is 0 Å². The van der Waals surface area contributed by atoms with Crippen LogP contribution in [0.25, 0.3) is 0 Å². The quantitative estimate of drug-likeness (QED) is 0.527. The molecule has 1 fully saturated rings. The van der Waals surface area contributed by atoms with E-state index in [2.05, 4.69) is 50.8 Å². The average molecular weight is 450 g/mol. The molecule has 0 unspecified atom stereocenters. The van der Waals surface area contributed by atoms with Crippen LogP contribution in [0.15, 0.2) is 18.2 Å². The van der Waals surface area contributed by atoms with Gasteiger partial charge in [0.15, 0.2) is 0 Å². The lowest BCUT2D eigenvalue weighted by Gasteiger charge is -2.39. The Bertz CT molecular complexity index is 495. The number of aryl methyl sites for hydroxylation is 1. The number of hydrogen-bond donors (Lipinski definition) is 1. The first-order chi connectivity index (χ1) is 9.47. The summed E-state index contributed by atoms with van der Waals surface area (Å²) in [6, 6.07) is 5.91. The van der Waals surface area contributed by atoms with Crippen LogP contribution in [0.4, 0.5) is 0 Å². The maximum Gasteiger partial charge on any atom is 0.252 e. The van der Waals surface area contributed by atoms with Crippen LogP contribution in [0.3, 0.4) is 0 Å². The molecule has 1 amide bonds. The smallest absolute Gasteiger partial charge is 0.252 e. The molecule has 0 aliphatic heterocycles. The number of halogens is 2. The number of carbonyl (C=O) groups is 1. The number of amides is 1. The van der Waals surface area contributed by atoms with Gasteiger partial charge in [-0.1, -0.05) is 35.0 Å². The highest BCUT2D eigenvalue weighted by atomic mass is 127. The highest BCUT2D eigenvalue weighted by molar-refractivity contribution is 14.1. The van der Waals surface area contributed by atoms with E-state index in [0.29, 0.717) is 0 Å². The number of alkyl halides is 1. The van der Waals surface area contributed by atoms with Gasteiger partial charge in [-0.3, -0.25) is 4.79 Å². The van der Waals surface area contributed by atoms with Crippen molar-refractivity contribution in [3.05, 3.63) is 32.9 Å². The van der Waals surface area contributed by atoms with Crippen LogP contribution in [0.2, 0.25) is 0 Å². The fourth-order valence-corrected chi connectivity index (χ4v) is 4.04. The fraction of sp³-hybridized carbons (Fsp3) is 0.562. The van der Waals surface area contributed by atoms with Gasteiger partial charge in [-0.2, -0.15) is 0 Å². The van der Waals surface area contributed by atoms with Crippen LogP contribution in [0.1, 0.15) is 48.5 Å². The van der Waals surface area contributed by atoms with Crippen LogP contribution in [-0.2, 0) is 0 Å². The number of nitrogens with one attached hydrogen (secondary N) is 1. The molecular weight excluding hydrogens is 429 g/mol. The summed E-state index contributed by atoms with van der Waals surface area (Å²) in [5, 5.41) is 4.13. The minimum Gasteiger partial charge on any atom is -0.346 e. The number of carbonyl (C=O) groups excluding carboxylic acids is 1. The average Bonchev–Trinajstić information content (AvgIpc) is 2.44. The van der Waals surface area contributed by atoms with Gasteiger partial charge in [0, 0.05) is 8.90 Å². The minimum atomic E-state index is -0.0730. The van der Waals surface area contributed by atoms with Gasteiger partial charge in [-0.25, -0.2) is 0 Å². The van der Waals surface area contributed by atoms with Crippen molar-refractivity contribution in [2.75, 3.05) is 5.33 Å². The van der Waals surface area contributed by atoms with E-state index in [1.807, 2.05) is 25.1 Å². The molecule has 0 heterocycles. The topological polar surface area (TPSA) is 29.1 Å². The van der Waals surface area contributed by atoms with Gasteiger partial charge in [0.2, 0.25) is 0 Å². The number of rotatable bonds is 3. The largest absolute Gasteiger partial charge is 0.346 e. The zero-order chi connectivity index (χ0) is 14.8. The van der Waals surface area contributed by atoms with Crippen LogP contribution >= 0.6 is 38.5 Å². The molecule has 0 atom stereocenters. The van der Waals surface area contributed by atoms with E-state index >= 15 is 0 Å². The van der Waals surface area contributed by atoms with Crippen molar-refractivity contribution >= 4 is 44.4 Å². The predicted molar refractivity (Wildman–Crippen MR) is 95.5 cm³/mol. The van der Waals surface area contributed by atoms with Gasteiger partial charge in [0.1, 0.15) is 0 Å². The van der Waals surface area contributed by atoms with E-state index in [9.17, 15) is 4.79 Å². The van der Waals surface area contributed by atoms with Gasteiger partial charge in [-0.05, 0) is 72.7 Å². The molecule has 0 saturated heterocycles. The van der Waals surface area contributed by atoms with Crippen LogP contribution in [-0.4, -0.2) is 16.8 Å². The lowest BCUT2D eigenvalue weighted by molar-refractivity contribution is 0.0873. The summed E-state index contributed by atoms with van der Waals surface area (Å²) < 4.78 is 1.05. The number of benzene rings is 1. The summed E-state index contributed by atoms with van der Waals surface area (Å²) in [6.45, 7) is 4.34. The first-order valence-electron chi connectivity index (χ1n) is 7.11. The van der Waals surface area contributed by atoms with Gasteiger partial charge < -0.3 is 5.32 Å². The minimum absolute atomic E-state index is 0.0621. The van der Waals surface area contributed by atoms with Crippen molar-refractivity contribution in [1.82, 2.24) is 5.32 Å². The second-order valence-corrected chi connectivity index (χ2v) is 7.63. The van der Waals surface area contributed by atoms with E-state index in [1.165, 1.54) is 12.8 Å². The van der Waals surface area contributed by atoms with E-state index < -0.39 is 0 Å². The second kappa shape index (κ2) is 6.77. The molecule has 0 aromatic heterocycles. The molecule has 2 rings (SSSR count). The highest BCUT2D eigenvalue weighted by Gasteiger charge is 2.35. The molecule has 20 heavy (non-hydrogen) atoms. The van der Waals surface area contributed by atoms with Gasteiger partial charge in [0.25, 0.3) is 5.91 Å². The van der Waals surface area contributed by atoms with E-state index in [-0.39, 0.29) is 11.4 Å². The van der Waals surface area contributed by atoms with Crippen LogP contribution < -0.4 is 5.32 Å². The van der Waals surface area contributed by atoms with Crippen LogP contribution in [0.5, 0.6) is 0 Å². The standard InChI is InChI=1S/C16H21BrINO/c1-11-6-8-16(10-17,9-7-11)19-15(20)13-5-3-4-12(2)14(13)18/h3-5,11H,6-10H2,1-2H3,(H,19,20). The molecule has 1 aromatic rings. The molecule has 0 radical (unpaired) electrons. The third kappa shape index (κ3) is 3.56. The molecular formula is C16H21BrINO. The summed E-state index contributed by atoms with van der Waals surface area (Å²) >= 11 is 5.87. The normalized spacial score (nSPS) is 26.3. The van der Waals surface area contributed by atoms with E-state index in [0.717, 1.165) is 38.8 Å². The Labute approximate surface area is 143 Å². The van der Waals surface area contributed by atoms with Crippen molar-refractivity contribution in [3.63, 3.8) is 0 Å². The highest BCUT2D eigenvalue weighted by Crippen LogP contribution is 2.33. The Hall–Kier alpha value is -0.100. The van der Waals surface area contributed by atoms with Crippen molar-refractivity contribution < 1.29 is 4.79 Å². The molecule has 4 heteroatoms. The third-order valence-electron chi connectivity index (χ3n) is 4.30. The Morgan fingerprint density at radius 2 is 2.10 bits per heavy atom. The van der Waals surface area contributed by atoms with Crippen LogP contribution in [0, 0.1) is 16.4 Å². The summed E-state index contributed by atoms with van der Waals surface area (Å²) in [5.74, 6) is 0.838. The first-order valence-corrected chi connectivity index (χ1v) is 9.31. The Kier molecular flexibility index (Phi) is 5.51. The Morgan fingerprint density at radius 1 is 1.45 bits per heavy atom. The molecule has 1 N–H and O–H groups in total. The summed E-state index contributed by atoms with van der Waals surface area (Å²) in [6.07, 6.45) is 4.51. The maximum atomic E-state index is 12.6. The number of hydrogen-bond acceptors (Lipinski definition) is 1. The lowest BCUT2D eigenvalue weighted by Crippen LogP contribution is -2.52. The maximum absolute atomic E-state index is 12.6. The molecule has 0 bridgehead atoms. The molecule has 1 aromatic carbocycles. The third-order valence-corrected chi connectivity index (χ3v) is 6.81. The molecule has 110 valence electrons. The first kappa shape index (κ1) is 16.3. The van der Waals surface area contributed by atoms with Crippen molar-refractivity contribution in [3.8, 4) is 0 Å². The summed E-state index contributed by atoms with van der Waals surface area (Å²) in [7, 11) is 0. The zero-order valence-corrected chi connectivity index (χ0v) is 15.8. The van der Waals surface area contributed by atoms with E-state index in [4.69, 9.17) is 0 Å². The monoisotopic (exact) mass is 449 g/mol. The molecule has 1 aliphatic rings. The van der Waals surface area contributed by atoms with Crippen molar-refractivity contribution in [2.24, 2.45) is 5.92 Å². The fourth-order valence-electron chi connectivity index (χ4n) is 2.74. The molecule has 1 saturated carbocycles. The molecule has 2 nitrogen and oxygen atoms in total. The van der Waals surface area contributed by atoms with Gasteiger partial charge in [-0.15, -0.1) is 0 Å². The second-order valence-electron chi connectivity index (χ2n) is 5.99. The predicted octanol–water partition coefficient (Wildman–Crippen LogP) is 4.67. The van der Waals surface area contributed by atoms with Crippen molar-refractivity contribution in [1.29, 1.82) is 0 Å². The lowest BCUT2D eigenvalue weighted by atomic mass is 9.78. The van der Waals surface area contributed by atoms with Gasteiger partial charge in [0.05, 0.1) is 11.1 Å². The Morgan fingerprint density at radius 3 is 2.70 bits per heavy atom.